The number of oxime groups is 1. The molecule has 1 aliphatic heterocycles. The number of hydrogen-bond donors (Lipinski definition) is 1. The first-order valence-electron chi connectivity index (χ1n) is 2.52. The molecule has 5 nitrogen and oxygen atoms in total. The molecule has 0 aliphatic carbocycles. The second-order valence-corrected chi connectivity index (χ2v) is 1.50. The van der Waals surface area contributed by atoms with E-state index < -0.39 is 5.91 Å². The van der Waals surface area contributed by atoms with Gasteiger partial charge in [0, 0.05) is 0 Å². The first-order valence-corrected chi connectivity index (χ1v) is 2.52. The summed E-state index contributed by atoms with van der Waals surface area (Å²) in [6.45, 7) is 0. The molecule has 5 heteroatoms. The summed E-state index contributed by atoms with van der Waals surface area (Å²) in [5.74, 6) is -0.626. The molecular formula is C5H5N3O2. The molecule has 1 rings (SSSR count). The Bertz CT molecular complexity index is 229. The fourth-order valence-corrected chi connectivity index (χ4v) is 0.414. The molecule has 0 saturated heterocycles. The van der Waals surface area contributed by atoms with Crippen LogP contribution in [0.4, 0.5) is 0 Å². The van der Waals surface area contributed by atoms with Crippen LogP contribution in [0.3, 0.4) is 0 Å². The lowest BCUT2D eigenvalue weighted by Gasteiger charge is -1.86. The monoisotopic (exact) mass is 139 g/mol. The number of hydrogen-bond acceptors (Lipinski definition) is 4. The summed E-state index contributed by atoms with van der Waals surface area (Å²) >= 11 is 0. The summed E-state index contributed by atoms with van der Waals surface area (Å²) in [5, 5.41) is 3.33. The molecule has 0 saturated carbocycles. The van der Waals surface area contributed by atoms with Gasteiger partial charge >= 0.3 is 0 Å². The molecule has 10 heavy (non-hydrogen) atoms. The Morgan fingerprint density at radius 1 is 1.70 bits per heavy atom. The van der Waals surface area contributed by atoms with Gasteiger partial charge in [-0.15, -0.1) is 0 Å². The van der Waals surface area contributed by atoms with Gasteiger partial charge in [-0.3, -0.25) is 4.79 Å². The van der Waals surface area contributed by atoms with E-state index in [2.05, 4.69) is 15.0 Å². The maximum Gasteiger partial charge on any atom is 0.269 e. The van der Waals surface area contributed by atoms with E-state index in [1.807, 2.05) is 0 Å². The van der Waals surface area contributed by atoms with Crippen molar-refractivity contribution in [3.63, 3.8) is 0 Å². The van der Waals surface area contributed by atoms with Crippen LogP contribution in [0.25, 0.3) is 0 Å². The molecule has 52 valence electrons. The van der Waals surface area contributed by atoms with Gasteiger partial charge in [0.25, 0.3) is 5.91 Å². The molecule has 0 fully saturated rings. The smallest absolute Gasteiger partial charge is 0.269 e. The minimum Gasteiger partial charge on any atom is -0.364 e. The van der Waals surface area contributed by atoms with Crippen molar-refractivity contribution in [2.24, 2.45) is 15.9 Å². The van der Waals surface area contributed by atoms with Gasteiger partial charge in [0.2, 0.25) is 0 Å². The Labute approximate surface area is 56.9 Å². The fraction of sp³-hybridized carbons (Fsp3) is 0. The topological polar surface area (TPSA) is 77.0 Å². The Morgan fingerprint density at radius 2 is 2.50 bits per heavy atom. The lowest BCUT2D eigenvalue weighted by atomic mass is 10.4. The highest BCUT2D eigenvalue weighted by atomic mass is 16.6. The minimum atomic E-state index is -0.626. The van der Waals surface area contributed by atoms with Crippen molar-refractivity contribution in [2.75, 3.05) is 0 Å². The Hall–Kier alpha value is -1.65. The molecule has 0 unspecified atom stereocenters. The van der Waals surface area contributed by atoms with Gasteiger partial charge in [-0.05, 0) is 0 Å². The number of aliphatic imine (C=N–C) groups is 1. The van der Waals surface area contributed by atoms with E-state index in [1.54, 1.807) is 0 Å². The van der Waals surface area contributed by atoms with Crippen molar-refractivity contribution in [1.29, 1.82) is 0 Å². The lowest BCUT2D eigenvalue weighted by molar-refractivity contribution is -0.111. The zero-order chi connectivity index (χ0) is 7.40. The zero-order valence-corrected chi connectivity index (χ0v) is 5.02. The highest BCUT2D eigenvalue weighted by Gasteiger charge is 2.02. The molecule has 0 bridgehead atoms. The first kappa shape index (κ1) is 6.47. The highest BCUT2D eigenvalue weighted by molar-refractivity contribution is 6.60. The third-order valence-corrected chi connectivity index (χ3v) is 0.824. The third-order valence-electron chi connectivity index (χ3n) is 0.824. The van der Waals surface area contributed by atoms with Gasteiger partial charge in [-0.2, -0.15) is 0 Å². The van der Waals surface area contributed by atoms with Gasteiger partial charge in [0.05, 0.1) is 12.4 Å². The number of carbonyl (C=O) groups is 1. The maximum atomic E-state index is 10.4. The molecular weight excluding hydrogens is 134 g/mol. The van der Waals surface area contributed by atoms with Gasteiger partial charge in [0.1, 0.15) is 12.0 Å². The molecule has 2 N–H and O–H groups in total. The van der Waals surface area contributed by atoms with Gasteiger partial charge < -0.3 is 10.6 Å². The summed E-state index contributed by atoms with van der Waals surface area (Å²) in [6.07, 6.45) is 3.70. The summed E-state index contributed by atoms with van der Waals surface area (Å²) in [6, 6.07) is 0. The van der Waals surface area contributed by atoms with Crippen LogP contribution in [-0.4, -0.2) is 17.8 Å². The van der Waals surface area contributed by atoms with E-state index in [9.17, 15) is 4.79 Å². The molecule has 0 spiro atoms. The fourth-order valence-electron chi connectivity index (χ4n) is 0.414. The lowest BCUT2D eigenvalue weighted by Crippen LogP contribution is -2.23. The number of nitrogens with zero attached hydrogens (tertiary/aromatic N) is 2. The molecule has 0 aromatic rings. The van der Waals surface area contributed by atoms with Crippen LogP contribution in [0.15, 0.2) is 22.6 Å². The average molecular weight is 139 g/mol. The first-order chi connectivity index (χ1) is 4.80. The molecule has 0 atom stereocenters. The molecule has 1 heterocycles. The van der Waals surface area contributed by atoms with Crippen molar-refractivity contribution < 1.29 is 9.63 Å². The maximum absolute atomic E-state index is 10.4. The molecule has 0 aromatic carbocycles. The second-order valence-electron chi connectivity index (χ2n) is 1.50. The van der Waals surface area contributed by atoms with Gasteiger partial charge in [0.15, 0.2) is 0 Å². The van der Waals surface area contributed by atoms with Gasteiger partial charge in [-0.1, -0.05) is 5.16 Å². The Morgan fingerprint density at radius 3 is 3.20 bits per heavy atom. The van der Waals surface area contributed by atoms with E-state index in [-0.39, 0.29) is 5.71 Å². The minimum absolute atomic E-state index is 0.0775. The largest absolute Gasteiger partial charge is 0.364 e. The van der Waals surface area contributed by atoms with E-state index in [1.165, 1.54) is 12.5 Å². The van der Waals surface area contributed by atoms with E-state index in [0.29, 0.717) is 0 Å². The van der Waals surface area contributed by atoms with Crippen LogP contribution in [-0.2, 0) is 9.63 Å². The van der Waals surface area contributed by atoms with E-state index in [4.69, 9.17) is 5.73 Å². The van der Waals surface area contributed by atoms with Crippen molar-refractivity contribution in [3.05, 3.63) is 12.5 Å². The van der Waals surface area contributed by atoms with Crippen molar-refractivity contribution in [3.8, 4) is 0 Å². The summed E-state index contributed by atoms with van der Waals surface area (Å²) in [7, 11) is 0. The number of nitrogens with two attached hydrogens (primary N) is 1. The number of carbonyl (C=O) groups excluding carboxylic acids is 1. The Kier molecular flexibility index (Phi) is 1.79. The number of rotatable bonds is 1. The van der Waals surface area contributed by atoms with Crippen LogP contribution in [0.2, 0.25) is 0 Å². The van der Waals surface area contributed by atoms with E-state index >= 15 is 0 Å². The average Bonchev–Trinajstić information content (AvgIpc) is 2.12. The zero-order valence-electron chi connectivity index (χ0n) is 5.02. The van der Waals surface area contributed by atoms with E-state index in [0.717, 1.165) is 6.21 Å². The van der Waals surface area contributed by atoms with Crippen LogP contribution in [0.5, 0.6) is 0 Å². The quantitative estimate of drug-likeness (QED) is 0.526. The van der Waals surface area contributed by atoms with Crippen LogP contribution < -0.4 is 5.73 Å². The SMILES string of the molecule is NC(=O)C1=NC=CON=C1. The molecule has 0 aromatic heterocycles. The van der Waals surface area contributed by atoms with Crippen molar-refractivity contribution in [2.45, 2.75) is 0 Å². The number of amides is 1. The van der Waals surface area contributed by atoms with Crippen LogP contribution in [0, 0.1) is 0 Å². The standard InChI is InChI=1S/C5H5N3O2/c6-5(9)4-3-8-10-2-1-7-4/h1-3H,(H2,6,9). The van der Waals surface area contributed by atoms with Crippen LogP contribution in [0.1, 0.15) is 0 Å². The third kappa shape index (κ3) is 1.41. The second kappa shape index (κ2) is 2.77. The Balaban J connectivity index is 2.83. The highest BCUT2D eigenvalue weighted by Crippen LogP contribution is 1.87. The molecule has 0 radical (unpaired) electrons. The summed E-state index contributed by atoms with van der Waals surface area (Å²) < 4.78 is 0. The molecule has 1 aliphatic rings. The summed E-state index contributed by atoms with van der Waals surface area (Å²) in [4.78, 5) is 18.5. The van der Waals surface area contributed by atoms with Crippen molar-refractivity contribution in [1.82, 2.24) is 0 Å². The van der Waals surface area contributed by atoms with Crippen LogP contribution >= 0.6 is 0 Å². The summed E-state index contributed by atoms with van der Waals surface area (Å²) in [5.41, 5.74) is 4.96. The van der Waals surface area contributed by atoms with Crippen molar-refractivity contribution >= 4 is 17.8 Å². The normalized spacial score (nSPS) is 15.4. The predicted molar refractivity (Wildman–Crippen MR) is 35.3 cm³/mol. The molecule has 1 amide bonds. The predicted octanol–water partition coefficient (Wildman–Crippen LogP) is -0.600. The number of primary amides is 1. The van der Waals surface area contributed by atoms with Gasteiger partial charge in [-0.25, -0.2) is 4.99 Å².